The molecule has 1 aliphatic rings. The summed E-state index contributed by atoms with van der Waals surface area (Å²) in [5, 5.41) is 9.81. The molecule has 0 bridgehead atoms. The fourth-order valence-corrected chi connectivity index (χ4v) is 1.45. The third kappa shape index (κ3) is 0.956. The summed E-state index contributed by atoms with van der Waals surface area (Å²) in [5.41, 5.74) is -0.0677. The van der Waals surface area contributed by atoms with Gasteiger partial charge in [-0.1, -0.05) is 20.8 Å². The zero-order valence-corrected chi connectivity index (χ0v) is 6.98. The molecule has 1 rings (SSSR count). The topological polar surface area (TPSA) is 29.5 Å². The van der Waals surface area contributed by atoms with Crippen molar-refractivity contribution in [3.63, 3.8) is 0 Å². The van der Waals surface area contributed by atoms with Gasteiger partial charge >= 0.3 is 0 Å². The Morgan fingerprint density at radius 3 is 2.30 bits per heavy atom. The molecule has 1 heterocycles. The van der Waals surface area contributed by atoms with Crippen LogP contribution >= 0.6 is 0 Å². The van der Waals surface area contributed by atoms with Gasteiger partial charge in [0, 0.05) is 5.41 Å². The van der Waals surface area contributed by atoms with Gasteiger partial charge in [0.1, 0.15) is 0 Å². The second-order valence-corrected chi connectivity index (χ2v) is 3.62. The third-order valence-electron chi connectivity index (χ3n) is 2.60. The molecule has 1 fully saturated rings. The molecule has 1 atom stereocenters. The second kappa shape index (κ2) is 2.21. The zero-order valence-electron chi connectivity index (χ0n) is 6.98. The van der Waals surface area contributed by atoms with Crippen molar-refractivity contribution in [2.45, 2.75) is 39.4 Å². The van der Waals surface area contributed by atoms with Crippen LogP contribution in [0.3, 0.4) is 0 Å². The average molecular weight is 144 g/mol. The highest BCUT2D eigenvalue weighted by Gasteiger charge is 2.47. The van der Waals surface area contributed by atoms with E-state index in [1.807, 2.05) is 20.8 Å². The van der Waals surface area contributed by atoms with E-state index in [0.29, 0.717) is 13.0 Å². The number of aliphatic hydroxyl groups is 1. The maximum Gasteiger partial charge on any atom is 0.170 e. The Labute approximate surface area is 62.2 Å². The van der Waals surface area contributed by atoms with E-state index < -0.39 is 5.79 Å². The monoisotopic (exact) mass is 144 g/mol. The first-order valence-electron chi connectivity index (χ1n) is 3.88. The standard InChI is InChI=1S/C8H16O2/c1-4-8(9)7(2,3)5-6-10-8/h9H,4-6H2,1-3H3. The average Bonchev–Trinajstić information content (AvgIpc) is 2.10. The van der Waals surface area contributed by atoms with Gasteiger partial charge in [0.05, 0.1) is 6.61 Å². The molecule has 0 radical (unpaired) electrons. The van der Waals surface area contributed by atoms with E-state index in [2.05, 4.69) is 0 Å². The van der Waals surface area contributed by atoms with Crippen LogP contribution in [0.1, 0.15) is 33.6 Å². The molecule has 0 aromatic heterocycles. The number of ether oxygens (including phenoxy) is 1. The Morgan fingerprint density at radius 2 is 2.10 bits per heavy atom. The maximum atomic E-state index is 9.81. The van der Waals surface area contributed by atoms with Crippen molar-refractivity contribution in [1.82, 2.24) is 0 Å². The van der Waals surface area contributed by atoms with Crippen molar-refractivity contribution < 1.29 is 9.84 Å². The molecule has 1 saturated heterocycles. The Hall–Kier alpha value is -0.0800. The fourth-order valence-electron chi connectivity index (χ4n) is 1.45. The quantitative estimate of drug-likeness (QED) is 0.604. The highest BCUT2D eigenvalue weighted by Crippen LogP contribution is 2.42. The summed E-state index contributed by atoms with van der Waals surface area (Å²) in [6.45, 7) is 6.73. The lowest BCUT2D eigenvalue weighted by atomic mass is 9.81. The van der Waals surface area contributed by atoms with Crippen LogP contribution in [0.5, 0.6) is 0 Å². The molecule has 0 spiro atoms. The van der Waals surface area contributed by atoms with Crippen LogP contribution in [0.15, 0.2) is 0 Å². The molecular formula is C8H16O2. The van der Waals surface area contributed by atoms with Crippen LogP contribution in [0.2, 0.25) is 0 Å². The van der Waals surface area contributed by atoms with Crippen molar-refractivity contribution in [2.24, 2.45) is 5.41 Å². The van der Waals surface area contributed by atoms with Gasteiger partial charge < -0.3 is 9.84 Å². The lowest BCUT2D eigenvalue weighted by molar-refractivity contribution is -0.219. The van der Waals surface area contributed by atoms with E-state index in [0.717, 1.165) is 6.42 Å². The van der Waals surface area contributed by atoms with Gasteiger partial charge in [0.15, 0.2) is 5.79 Å². The molecule has 10 heavy (non-hydrogen) atoms. The lowest BCUT2D eigenvalue weighted by Gasteiger charge is -2.33. The van der Waals surface area contributed by atoms with Gasteiger partial charge in [-0.15, -0.1) is 0 Å². The fraction of sp³-hybridized carbons (Fsp3) is 1.00. The summed E-state index contributed by atoms with van der Waals surface area (Å²) in [7, 11) is 0. The minimum atomic E-state index is -0.868. The SMILES string of the molecule is CCC1(O)OCCC1(C)C. The van der Waals surface area contributed by atoms with Crippen LogP contribution in [0.25, 0.3) is 0 Å². The number of rotatable bonds is 1. The predicted octanol–water partition coefficient (Wildman–Crippen LogP) is 1.53. The van der Waals surface area contributed by atoms with E-state index in [1.165, 1.54) is 0 Å². The molecule has 2 nitrogen and oxygen atoms in total. The first-order chi connectivity index (χ1) is 4.52. The van der Waals surface area contributed by atoms with Crippen LogP contribution in [0, 0.1) is 5.41 Å². The van der Waals surface area contributed by atoms with Crippen LogP contribution in [-0.2, 0) is 4.74 Å². The highest BCUT2D eigenvalue weighted by atomic mass is 16.6. The Kier molecular flexibility index (Phi) is 1.77. The Bertz CT molecular complexity index is 131. The van der Waals surface area contributed by atoms with Crippen molar-refractivity contribution in [3.8, 4) is 0 Å². The van der Waals surface area contributed by atoms with E-state index in [1.54, 1.807) is 0 Å². The first-order valence-corrected chi connectivity index (χ1v) is 3.88. The Morgan fingerprint density at radius 1 is 1.50 bits per heavy atom. The molecule has 60 valence electrons. The normalized spacial score (nSPS) is 38.4. The van der Waals surface area contributed by atoms with Crippen molar-refractivity contribution in [2.75, 3.05) is 6.61 Å². The van der Waals surface area contributed by atoms with Crippen LogP contribution in [0.4, 0.5) is 0 Å². The number of hydrogen-bond acceptors (Lipinski definition) is 2. The highest BCUT2D eigenvalue weighted by molar-refractivity contribution is 4.89. The van der Waals surface area contributed by atoms with Crippen LogP contribution in [-0.4, -0.2) is 17.5 Å². The summed E-state index contributed by atoms with van der Waals surface area (Å²) in [5.74, 6) is -0.868. The molecule has 0 aromatic rings. The molecular weight excluding hydrogens is 128 g/mol. The van der Waals surface area contributed by atoms with Gasteiger partial charge in [0.25, 0.3) is 0 Å². The van der Waals surface area contributed by atoms with E-state index >= 15 is 0 Å². The van der Waals surface area contributed by atoms with E-state index in [-0.39, 0.29) is 5.41 Å². The van der Waals surface area contributed by atoms with Gasteiger partial charge in [-0.2, -0.15) is 0 Å². The zero-order chi connectivity index (χ0) is 7.83. The third-order valence-corrected chi connectivity index (χ3v) is 2.60. The molecule has 0 saturated carbocycles. The molecule has 0 aromatic carbocycles. The number of hydrogen-bond donors (Lipinski definition) is 1. The molecule has 2 heteroatoms. The predicted molar refractivity (Wildman–Crippen MR) is 39.6 cm³/mol. The van der Waals surface area contributed by atoms with E-state index in [9.17, 15) is 5.11 Å². The maximum absolute atomic E-state index is 9.81. The second-order valence-electron chi connectivity index (χ2n) is 3.62. The largest absolute Gasteiger partial charge is 0.365 e. The Balaban J connectivity index is 2.76. The first kappa shape index (κ1) is 8.02. The minimum Gasteiger partial charge on any atom is -0.365 e. The minimum absolute atomic E-state index is 0.0677. The summed E-state index contributed by atoms with van der Waals surface area (Å²) < 4.78 is 5.26. The summed E-state index contributed by atoms with van der Waals surface area (Å²) >= 11 is 0. The summed E-state index contributed by atoms with van der Waals surface area (Å²) in [6.07, 6.45) is 1.64. The molecule has 1 N–H and O–H groups in total. The van der Waals surface area contributed by atoms with Gasteiger partial charge in [-0.05, 0) is 12.8 Å². The van der Waals surface area contributed by atoms with Gasteiger partial charge in [-0.25, -0.2) is 0 Å². The molecule has 0 amide bonds. The van der Waals surface area contributed by atoms with Crippen molar-refractivity contribution in [1.29, 1.82) is 0 Å². The lowest BCUT2D eigenvalue weighted by Crippen LogP contribution is -2.40. The van der Waals surface area contributed by atoms with E-state index in [4.69, 9.17) is 4.74 Å². The molecule has 1 unspecified atom stereocenters. The van der Waals surface area contributed by atoms with Crippen molar-refractivity contribution in [3.05, 3.63) is 0 Å². The van der Waals surface area contributed by atoms with Crippen LogP contribution < -0.4 is 0 Å². The summed E-state index contributed by atoms with van der Waals surface area (Å²) in [4.78, 5) is 0. The summed E-state index contributed by atoms with van der Waals surface area (Å²) in [6, 6.07) is 0. The smallest absolute Gasteiger partial charge is 0.170 e. The van der Waals surface area contributed by atoms with Gasteiger partial charge in [-0.3, -0.25) is 0 Å². The molecule has 1 aliphatic heterocycles. The molecule has 0 aliphatic carbocycles. The van der Waals surface area contributed by atoms with Crippen molar-refractivity contribution >= 4 is 0 Å². The van der Waals surface area contributed by atoms with Gasteiger partial charge in [0.2, 0.25) is 0 Å².